The molecule has 0 aromatic rings. The van der Waals surface area contributed by atoms with E-state index in [1.165, 1.54) is 0 Å². The average molecular weight is 265 g/mol. The summed E-state index contributed by atoms with van der Waals surface area (Å²) >= 11 is 0. The van der Waals surface area contributed by atoms with E-state index in [-0.39, 0.29) is 26.1 Å². The fourth-order valence-electron chi connectivity index (χ4n) is 2.31. The molecule has 0 aromatic carbocycles. The molecule has 2 saturated heterocycles. The standard InChI is InChI=1S/C10H14F3N3O2/c11-10(12,13)7-3-1-2-5-15(7)9(18)16-6-4-14-8(16)17/h7H,1-6H2,(H,14,17). The van der Waals surface area contributed by atoms with E-state index >= 15 is 0 Å². The van der Waals surface area contributed by atoms with E-state index in [9.17, 15) is 22.8 Å². The lowest BCUT2D eigenvalue weighted by Crippen LogP contribution is -2.56. The van der Waals surface area contributed by atoms with Crippen LogP contribution in [0, 0.1) is 0 Å². The molecule has 4 amide bonds. The number of nitrogens with one attached hydrogen (secondary N) is 1. The van der Waals surface area contributed by atoms with Crippen molar-refractivity contribution in [3.05, 3.63) is 0 Å². The number of alkyl halides is 3. The molecule has 0 saturated carbocycles. The maximum Gasteiger partial charge on any atom is 0.408 e. The highest BCUT2D eigenvalue weighted by molar-refractivity contribution is 5.95. The molecule has 1 N–H and O–H groups in total. The zero-order chi connectivity index (χ0) is 13.3. The SMILES string of the molecule is O=C1NCCN1C(=O)N1CCCCC1C(F)(F)F. The molecule has 0 aromatic heterocycles. The molecule has 0 aliphatic carbocycles. The van der Waals surface area contributed by atoms with Crippen LogP contribution >= 0.6 is 0 Å². The molecule has 1 unspecified atom stereocenters. The number of piperidine rings is 1. The minimum absolute atomic E-state index is 0.0484. The topological polar surface area (TPSA) is 52.7 Å². The van der Waals surface area contributed by atoms with Gasteiger partial charge >= 0.3 is 18.2 Å². The number of carbonyl (C=O) groups is 2. The third-order valence-corrected chi connectivity index (χ3v) is 3.21. The van der Waals surface area contributed by atoms with Gasteiger partial charge in [0.25, 0.3) is 0 Å². The van der Waals surface area contributed by atoms with Crippen LogP contribution in [-0.2, 0) is 0 Å². The van der Waals surface area contributed by atoms with Crippen LogP contribution in [0.2, 0.25) is 0 Å². The van der Waals surface area contributed by atoms with Crippen molar-refractivity contribution >= 4 is 12.1 Å². The Balaban J connectivity index is 2.13. The lowest BCUT2D eigenvalue weighted by Gasteiger charge is -2.38. The van der Waals surface area contributed by atoms with Crippen LogP contribution in [0.1, 0.15) is 19.3 Å². The fourth-order valence-corrected chi connectivity index (χ4v) is 2.31. The molecule has 1 atom stereocenters. The zero-order valence-electron chi connectivity index (χ0n) is 9.66. The number of urea groups is 2. The van der Waals surface area contributed by atoms with Crippen molar-refractivity contribution in [3.63, 3.8) is 0 Å². The molecule has 2 fully saturated rings. The van der Waals surface area contributed by atoms with Crippen molar-refractivity contribution < 1.29 is 22.8 Å². The summed E-state index contributed by atoms with van der Waals surface area (Å²) in [6.07, 6.45) is -3.55. The van der Waals surface area contributed by atoms with Crippen LogP contribution < -0.4 is 5.32 Å². The van der Waals surface area contributed by atoms with Crippen LogP contribution in [0.25, 0.3) is 0 Å². The maximum absolute atomic E-state index is 12.8. The molecular formula is C10H14F3N3O2. The van der Waals surface area contributed by atoms with E-state index in [1.807, 2.05) is 0 Å². The van der Waals surface area contributed by atoms with Crippen LogP contribution in [0.15, 0.2) is 0 Å². The number of nitrogens with zero attached hydrogens (tertiary/aromatic N) is 2. The van der Waals surface area contributed by atoms with E-state index in [0.717, 1.165) is 9.80 Å². The monoisotopic (exact) mass is 265 g/mol. The van der Waals surface area contributed by atoms with Crippen molar-refractivity contribution in [1.82, 2.24) is 15.1 Å². The Morgan fingerprint density at radius 1 is 1.28 bits per heavy atom. The zero-order valence-corrected chi connectivity index (χ0v) is 9.66. The molecule has 2 rings (SSSR count). The van der Waals surface area contributed by atoms with Crippen LogP contribution in [-0.4, -0.2) is 53.7 Å². The van der Waals surface area contributed by atoms with Gasteiger partial charge < -0.3 is 10.2 Å². The Hall–Kier alpha value is -1.47. The van der Waals surface area contributed by atoms with Gasteiger partial charge in [0.2, 0.25) is 0 Å². The Bertz CT molecular complexity index is 359. The number of rotatable bonds is 0. The molecule has 2 aliphatic rings. The van der Waals surface area contributed by atoms with Gasteiger partial charge in [-0.15, -0.1) is 0 Å². The van der Waals surface area contributed by atoms with Crippen LogP contribution in [0.4, 0.5) is 22.8 Å². The minimum Gasteiger partial charge on any atom is -0.336 e. The molecule has 0 bridgehead atoms. The number of imide groups is 1. The van der Waals surface area contributed by atoms with Gasteiger partial charge in [0.1, 0.15) is 6.04 Å². The maximum atomic E-state index is 12.8. The van der Waals surface area contributed by atoms with Crippen LogP contribution in [0.5, 0.6) is 0 Å². The fraction of sp³-hybridized carbons (Fsp3) is 0.800. The summed E-state index contributed by atoms with van der Waals surface area (Å²) in [5.74, 6) is 0. The van der Waals surface area contributed by atoms with Gasteiger partial charge in [0.05, 0.1) is 0 Å². The first-order chi connectivity index (χ1) is 8.41. The molecule has 2 heterocycles. The van der Waals surface area contributed by atoms with Crippen molar-refractivity contribution in [2.24, 2.45) is 0 Å². The molecule has 18 heavy (non-hydrogen) atoms. The predicted octanol–water partition coefficient (Wildman–Crippen LogP) is 1.55. The summed E-state index contributed by atoms with van der Waals surface area (Å²) in [6.45, 7) is 0.459. The quantitative estimate of drug-likeness (QED) is 0.722. The second-order valence-electron chi connectivity index (χ2n) is 4.41. The summed E-state index contributed by atoms with van der Waals surface area (Å²) in [5.41, 5.74) is 0. The first-order valence-electron chi connectivity index (χ1n) is 5.84. The van der Waals surface area contributed by atoms with Gasteiger partial charge in [0, 0.05) is 19.6 Å². The molecular weight excluding hydrogens is 251 g/mol. The molecule has 8 heteroatoms. The van der Waals surface area contributed by atoms with E-state index in [1.54, 1.807) is 0 Å². The highest BCUT2D eigenvalue weighted by Gasteiger charge is 2.48. The Morgan fingerprint density at radius 2 is 2.00 bits per heavy atom. The number of hydrogen-bond donors (Lipinski definition) is 1. The first kappa shape index (κ1) is 13.0. The first-order valence-corrected chi connectivity index (χ1v) is 5.84. The van der Waals surface area contributed by atoms with Gasteiger partial charge in [0.15, 0.2) is 0 Å². The lowest BCUT2D eigenvalue weighted by molar-refractivity contribution is -0.183. The Morgan fingerprint density at radius 3 is 2.56 bits per heavy atom. The predicted molar refractivity (Wildman–Crippen MR) is 55.9 cm³/mol. The number of amides is 4. The molecule has 0 radical (unpaired) electrons. The van der Waals surface area contributed by atoms with Gasteiger partial charge in [-0.25, -0.2) is 14.5 Å². The van der Waals surface area contributed by atoms with Crippen LogP contribution in [0.3, 0.4) is 0 Å². The molecule has 0 spiro atoms. The Labute approximate surface area is 102 Å². The third-order valence-electron chi connectivity index (χ3n) is 3.21. The van der Waals surface area contributed by atoms with Gasteiger partial charge in [-0.3, -0.25) is 0 Å². The summed E-state index contributed by atoms with van der Waals surface area (Å²) in [5, 5.41) is 2.40. The van der Waals surface area contributed by atoms with Gasteiger partial charge in [-0.05, 0) is 19.3 Å². The van der Waals surface area contributed by atoms with E-state index < -0.39 is 24.3 Å². The highest BCUT2D eigenvalue weighted by atomic mass is 19.4. The second kappa shape index (κ2) is 4.66. The van der Waals surface area contributed by atoms with Crippen molar-refractivity contribution in [2.45, 2.75) is 31.5 Å². The van der Waals surface area contributed by atoms with E-state index in [2.05, 4.69) is 5.32 Å². The third kappa shape index (κ3) is 2.37. The lowest BCUT2D eigenvalue weighted by atomic mass is 10.0. The summed E-state index contributed by atoms with van der Waals surface area (Å²) in [4.78, 5) is 24.9. The highest BCUT2D eigenvalue weighted by Crippen LogP contribution is 2.32. The van der Waals surface area contributed by atoms with Gasteiger partial charge in [-0.2, -0.15) is 13.2 Å². The normalized spacial score (nSPS) is 25.3. The van der Waals surface area contributed by atoms with Crippen molar-refractivity contribution in [3.8, 4) is 0 Å². The number of likely N-dealkylation sites (tertiary alicyclic amines) is 1. The summed E-state index contributed by atoms with van der Waals surface area (Å²) < 4.78 is 38.5. The number of carbonyl (C=O) groups excluding carboxylic acids is 2. The molecule has 5 nitrogen and oxygen atoms in total. The smallest absolute Gasteiger partial charge is 0.336 e. The summed E-state index contributed by atoms with van der Waals surface area (Å²) in [6, 6.07) is -3.23. The summed E-state index contributed by atoms with van der Waals surface area (Å²) in [7, 11) is 0. The number of hydrogen-bond acceptors (Lipinski definition) is 2. The van der Waals surface area contributed by atoms with E-state index in [4.69, 9.17) is 0 Å². The average Bonchev–Trinajstić information content (AvgIpc) is 2.73. The minimum atomic E-state index is -4.44. The van der Waals surface area contributed by atoms with E-state index in [0.29, 0.717) is 12.8 Å². The number of halogens is 3. The molecule has 102 valence electrons. The second-order valence-corrected chi connectivity index (χ2v) is 4.41. The molecule has 2 aliphatic heterocycles. The van der Waals surface area contributed by atoms with Crippen molar-refractivity contribution in [1.29, 1.82) is 0 Å². The largest absolute Gasteiger partial charge is 0.408 e. The van der Waals surface area contributed by atoms with Crippen molar-refractivity contribution in [2.75, 3.05) is 19.6 Å². The van der Waals surface area contributed by atoms with Gasteiger partial charge in [-0.1, -0.05) is 0 Å². The Kier molecular flexibility index (Phi) is 3.36.